The van der Waals surface area contributed by atoms with Crippen molar-refractivity contribution < 1.29 is 0 Å². The zero-order chi connectivity index (χ0) is 9.97. The molecule has 5 heteroatoms. The third-order valence-electron chi connectivity index (χ3n) is 1.86. The van der Waals surface area contributed by atoms with Crippen LogP contribution in [0.1, 0.15) is 0 Å². The predicted molar refractivity (Wildman–Crippen MR) is 65.4 cm³/mol. The van der Waals surface area contributed by atoms with Crippen LogP contribution < -0.4 is 16.6 Å². The quantitative estimate of drug-likeness (QED) is 0.393. The number of hydrogen-bond donors (Lipinski definition) is 3. The Bertz CT molecular complexity index is 464. The Labute approximate surface area is 90.9 Å². The number of rotatable bonds is 1. The van der Waals surface area contributed by atoms with Crippen molar-refractivity contribution >= 4 is 44.4 Å². The minimum atomic E-state index is 0.422. The molecule has 0 aliphatic heterocycles. The van der Waals surface area contributed by atoms with Gasteiger partial charge in [0, 0.05) is 0 Å². The number of nitrogens with one attached hydrogen (secondary N) is 2. The minimum Gasteiger partial charge on any atom is -0.330 e. The summed E-state index contributed by atoms with van der Waals surface area (Å²) in [4.78, 5) is 0. The lowest BCUT2D eigenvalue weighted by Gasteiger charge is -2.07. The van der Waals surface area contributed by atoms with Crippen molar-refractivity contribution in [2.45, 2.75) is 0 Å². The molecule has 0 spiro atoms. The molecule has 1 heterocycles. The second kappa shape index (κ2) is 3.91. The van der Waals surface area contributed by atoms with E-state index >= 15 is 0 Å². The maximum atomic E-state index is 5.19. The van der Waals surface area contributed by atoms with Crippen LogP contribution in [0.5, 0.6) is 0 Å². The molecular weight excluding hydrogens is 214 g/mol. The summed E-state index contributed by atoms with van der Waals surface area (Å²) < 4.78 is 1.19. The van der Waals surface area contributed by atoms with Gasteiger partial charge in [0.05, 0.1) is 10.4 Å². The lowest BCUT2D eigenvalue weighted by molar-refractivity contribution is 1.04. The molecule has 0 unspecified atom stereocenters. The van der Waals surface area contributed by atoms with Gasteiger partial charge in [-0.25, -0.2) is 5.84 Å². The molecule has 1 aromatic heterocycles. The lowest BCUT2D eigenvalue weighted by atomic mass is 10.2. The van der Waals surface area contributed by atoms with E-state index in [4.69, 9.17) is 18.1 Å². The first-order valence-corrected chi connectivity index (χ1v) is 5.34. The van der Waals surface area contributed by atoms with Crippen LogP contribution in [0.15, 0.2) is 29.6 Å². The van der Waals surface area contributed by atoms with E-state index in [0.29, 0.717) is 5.11 Å². The van der Waals surface area contributed by atoms with Crippen molar-refractivity contribution in [2.24, 2.45) is 5.84 Å². The van der Waals surface area contributed by atoms with Crippen LogP contribution in [0.25, 0.3) is 10.1 Å². The Morgan fingerprint density at radius 1 is 1.36 bits per heavy atom. The number of anilines is 1. The van der Waals surface area contributed by atoms with Gasteiger partial charge in [0.2, 0.25) is 0 Å². The van der Waals surface area contributed by atoms with E-state index in [1.54, 1.807) is 11.3 Å². The first-order valence-electron chi connectivity index (χ1n) is 4.05. The maximum absolute atomic E-state index is 5.19. The molecule has 0 atom stereocenters. The molecule has 14 heavy (non-hydrogen) atoms. The van der Waals surface area contributed by atoms with Gasteiger partial charge >= 0.3 is 0 Å². The second-order valence-electron chi connectivity index (χ2n) is 2.74. The minimum absolute atomic E-state index is 0.422. The molecule has 0 saturated heterocycles. The third-order valence-corrected chi connectivity index (χ3v) is 3.04. The summed E-state index contributed by atoms with van der Waals surface area (Å²) in [6, 6.07) is 8.10. The summed E-state index contributed by atoms with van der Waals surface area (Å²) in [5.74, 6) is 5.19. The fraction of sp³-hybridized carbons (Fsp3) is 0. The highest BCUT2D eigenvalue weighted by Crippen LogP contribution is 2.28. The SMILES string of the molecule is NNC(=S)Nc1cccc2ccsc12. The van der Waals surface area contributed by atoms with E-state index in [1.807, 2.05) is 12.1 Å². The molecule has 0 radical (unpaired) electrons. The van der Waals surface area contributed by atoms with E-state index in [-0.39, 0.29) is 0 Å². The molecule has 1 aromatic carbocycles. The fourth-order valence-electron chi connectivity index (χ4n) is 1.25. The van der Waals surface area contributed by atoms with Gasteiger partial charge in [0.15, 0.2) is 5.11 Å². The Morgan fingerprint density at radius 2 is 2.21 bits per heavy atom. The number of hydrogen-bond acceptors (Lipinski definition) is 3. The van der Waals surface area contributed by atoms with Gasteiger partial charge in [-0.2, -0.15) is 0 Å². The highest BCUT2D eigenvalue weighted by Gasteiger charge is 2.02. The van der Waals surface area contributed by atoms with Crippen LogP contribution in [0.3, 0.4) is 0 Å². The van der Waals surface area contributed by atoms with Crippen LogP contribution >= 0.6 is 23.6 Å². The predicted octanol–water partition coefficient (Wildman–Crippen LogP) is 2.06. The smallest absolute Gasteiger partial charge is 0.185 e. The van der Waals surface area contributed by atoms with Gasteiger partial charge in [-0.05, 0) is 35.1 Å². The molecule has 2 rings (SSSR count). The van der Waals surface area contributed by atoms with Crippen LogP contribution in [0.2, 0.25) is 0 Å². The molecule has 0 aliphatic rings. The van der Waals surface area contributed by atoms with Gasteiger partial charge in [-0.3, -0.25) is 0 Å². The van der Waals surface area contributed by atoms with Crippen molar-refractivity contribution in [1.29, 1.82) is 0 Å². The van der Waals surface area contributed by atoms with E-state index in [0.717, 1.165) is 5.69 Å². The normalized spacial score (nSPS) is 10.1. The van der Waals surface area contributed by atoms with Gasteiger partial charge in [0.25, 0.3) is 0 Å². The van der Waals surface area contributed by atoms with E-state index < -0.39 is 0 Å². The van der Waals surface area contributed by atoms with Crippen LogP contribution in [0.4, 0.5) is 5.69 Å². The van der Waals surface area contributed by atoms with Gasteiger partial charge in [-0.1, -0.05) is 12.1 Å². The number of benzene rings is 1. The average molecular weight is 223 g/mol. The Morgan fingerprint density at radius 3 is 3.00 bits per heavy atom. The standard InChI is InChI=1S/C9H9N3S2/c10-12-9(13)11-7-3-1-2-6-4-5-14-8(6)7/h1-5H,10H2,(H2,11,12,13). The Balaban J connectivity index is 2.41. The first kappa shape index (κ1) is 9.39. The highest BCUT2D eigenvalue weighted by atomic mass is 32.1. The molecule has 2 aromatic rings. The molecule has 0 bridgehead atoms. The van der Waals surface area contributed by atoms with E-state index in [9.17, 15) is 0 Å². The fourth-order valence-corrected chi connectivity index (χ4v) is 2.23. The zero-order valence-corrected chi connectivity index (χ0v) is 8.91. The van der Waals surface area contributed by atoms with Crippen molar-refractivity contribution in [3.63, 3.8) is 0 Å². The molecular formula is C9H9N3S2. The molecule has 0 aliphatic carbocycles. The molecule has 0 amide bonds. The summed E-state index contributed by atoms with van der Waals surface area (Å²) in [5, 5.41) is 6.71. The summed E-state index contributed by atoms with van der Waals surface area (Å²) in [6.07, 6.45) is 0. The summed E-state index contributed by atoms with van der Waals surface area (Å²) in [6.45, 7) is 0. The third kappa shape index (κ3) is 1.70. The molecule has 3 nitrogen and oxygen atoms in total. The summed E-state index contributed by atoms with van der Waals surface area (Å²) in [7, 11) is 0. The number of thiophene rings is 1. The molecule has 0 saturated carbocycles. The average Bonchev–Trinajstić information content (AvgIpc) is 2.66. The van der Waals surface area contributed by atoms with Crippen LogP contribution in [0, 0.1) is 0 Å². The van der Waals surface area contributed by atoms with Crippen molar-refractivity contribution in [2.75, 3.05) is 5.32 Å². The van der Waals surface area contributed by atoms with Crippen molar-refractivity contribution in [3.8, 4) is 0 Å². The maximum Gasteiger partial charge on any atom is 0.185 e. The number of fused-ring (bicyclic) bond motifs is 1. The van der Waals surface area contributed by atoms with Gasteiger partial charge in [0.1, 0.15) is 0 Å². The lowest BCUT2D eigenvalue weighted by Crippen LogP contribution is -2.34. The summed E-state index contributed by atoms with van der Waals surface area (Å²) in [5.41, 5.74) is 3.38. The van der Waals surface area contributed by atoms with Crippen LogP contribution in [-0.2, 0) is 0 Å². The Kier molecular flexibility index (Phi) is 2.62. The number of hydrazine groups is 1. The Hall–Kier alpha value is -1.17. The second-order valence-corrected chi connectivity index (χ2v) is 4.07. The monoisotopic (exact) mass is 223 g/mol. The molecule has 0 fully saturated rings. The summed E-state index contributed by atoms with van der Waals surface area (Å²) >= 11 is 6.61. The molecule has 72 valence electrons. The zero-order valence-electron chi connectivity index (χ0n) is 7.28. The van der Waals surface area contributed by atoms with E-state index in [2.05, 4.69) is 28.3 Å². The van der Waals surface area contributed by atoms with Crippen LogP contribution in [-0.4, -0.2) is 5.11 Å². The first-order chi connectivity index (χ1) is 6.81. The topological polar surface area (TPSA) is 50.1 Å². The van der Waals surface area contributed by atoms with Crippen molar-refractivity contribution in [1.82, 2.24) is 5.43 Å². The van der Waals surface area contributed by atoms with E-state index in [1.165, 1.54) is 10.1 Å². The van der Waals surface area contributed by atoms with Gasteiger partial charge < -0.3 is 10.7 Å². The molecule has 4 N–H and O–H groups in total. The largest absolute Gasteiger partial charge is 0.330 e. The van der Waals surface area contributed by atoms with Crippen molar-refractivity contribution in [3.05, 3.63) is 29.6 Å². The number of thiocarbonyl (C=S) groups is 1. The number of nitrogens with two attached hydrogens (primary N) is 1. The highest BCUT2D eigenvalue weighted by molar-refractivity contribution is 7.80. The van der Waals surface area contributed by atoms with Gasteiger partial charge in [-0.15, -0.1) is 11.3 Å².